The minimum Gasteiger partial charge on any atom is -0.497 e. The van der Waals surface area contributed by atoms with Crippen LogP contribution in [0.3, 0.4) is 0 Å². The number of amides is 1. The smallest absolute Gasteiger partial charge is 0.294 e. The number of nitrogens with zero attached hydrogens (tertiary/aromatic N) is 4. The van der Waals surface area contributed by atoms with E-state index in [1.807, 2.05) is 57.2 Å². The molecule has 1 amide bonds. The Labute approximate surface area is 275 Å². The summed E-state index contributed by atoms with van der Waals surface area (Å²) in [6.07, 6.45) is 2.82. The molecule has 4 aromatic rings. The summed E-state index contributed by atoms with van der Waals surface area (Å²) in [5.41, 5.74) is 11.8. The highest BCUT2D eigenvalue weighted by Gasteiger charge is 2.31. The molecule has 1 aliphatic heterocycles. The van der Waals surface area contributed by atoms with Crippen LogP contribution in [0.1, 0.15) is 57.8 Å². The summed E-state index contributed by atoms with van der Waals surface area (Å²) >= 11 is 0. The van der Waals surface area contributed by atoms with Gasteiger partial charge in [-0.25, -0.2) is 9.97 Å². The summed E-state index contributed by atoms with van der Waals surface area (Å²) in [7, 11) is 1.64. The van der Waals surface area contributed by atoms with Crippen LogP contribution >= 0.6 is 37.2 Å². The number of aromatic nitrogens is 4. The lowest BCUT2D eigenvalue weighted by atomic mass is 9.94. The van der Waals surface area contributed by atoms with Gasteiger partial charge in [-0.2, -0.15) is 0 Å². The lowest BCUT2D eigenvalue weighted by Crippen LogP contribution is -2.36. The summed E-state index contributed by atoms with van der Waals surface area (Å²) in [4.78, 5) is 40.3. The Kier molecular flexibility index (Phi) is 13.0. The summed E-state index contributed by atoms with van der Waals surface area (Å²) in [5, 5.41) is 6.23. The van der Waals surface area contributed by atoms with Crippen LogP contribution in [0.2, 0.25) is 0 Å². The monoisotopic (exact) mass is 661 g/mol. The molecule has 0 saturated heterocycles. The van der Waals surface area contributed by atoms with Crippen molar-refractivity contribution in [3.05, 3.63) is 105 Å². The molecule has 3 aromatic heterocycles. The maximum atomic E-state index is 13.6. The van der Waals surface area contributed by atoms with Gasteiger partial charge in [-0.1, -0.05) is 18.2 Å². The third-order valence-electron chi connectivity index (χ3n) is 7.50. The molecule has 0 unspecified atom stereocenters. The number of benzene rings is 1. The van der Waals surface area contributed by atoms with E-state index in [4.69, 9.17) is 15.5 Å². The molecule has 236 valence electrons. The number of methoxy groups -OCH3 is 1. The molecule has 1 aromatic carbocycles. The van der Waals surface area contributed by atoms with Gasteiger partial charge in [0, 0.05) is 42.3 Å². The second kappa shape index (κ2) is 15.7. The van der Waals surface area contributed by atoms with Gasteiger partial charge in [0.25, 0.3) is 5.56 Å². The molecular formula is C31H38Cl3N7O3. The number of aryl methyl sites for hydroxylation is 4. The summed E-state index contributed by atoms with van der Waals surface area (Å²) < 4.78 is 6.90. The summed E-state index contributed by atoms with van der Waals surface area (Å²) in [6, 6.07) is 14.9. The van der Waals surface area contributed by atoms with Crippen LogP contribution in [0, 0.1) is 20.8 Å². The number of carbonyl (C=O) groups is 1. The SMILES string of the molecule is COc1ccc([C@@H](CNc2ncc3n(c2=O)[C@H](C(=O)NCc2ccc(N)nc2C)CC3)c2cc(C)cc(C)n2)cc1.Cl.Cl.Cl. The highest BCUT2D eigenvalue weighted by atomic mass is 35.5. The number of nitrogens with two attached hydrogens (primary N) is 1. The molecular weight excluding hydrogens is 625 g/mol. The zero-order valence-electron chi connectivity index (χ0n) is 25.0. The highest BCUT2D eigenvalue weighted by Crippen LogP contribution is 2.28. The zero-order valence-corrected chi connectivity index (χ0v) is 27.4. The number of anilines is 2. The molecule has 13 heteroatoms. The molecule has 0 fully saturated rings. The Morgan fingerprint density at radius 1 is 1.07 bits per heavy atom. The van der Waals surface area contributed by atoms with Crippen LogP contribution in [0.4, 0.5) is 11.6 Å². The van der Waals surface area contributed by atoms with Crippen LogP contribution < -0.4 is 26.7 Å². The number of halogens is 3. The molecule has 0 spiro atoms. The van der Waals surface area contributed by atoms with Gasteiger partial charge in [0.1, 0.15) is 17.6 Å². The molecule has 0 radical (unpaired) electrons. The fourth-order valence-electron chi connectivity index (χ4n) is 5.39. The van der Waals surface area contributed by atoms with Crippen LogP contribution in [0.15, 0.2) is 59.5 Å². The minimum absolute atomic E-state index is 0. The number of carbonyl (C=O) groups excluding carboxylic acids is 1. The molecule has 2 atom stereocenters. The first-order valence-corrected chi connectivity index (χ1v) is 13.7. The van der Waals surface area contributed by atoms with Gasteiger partial charge in [-0.3, -0.25) is 19.1 Å². The molecule has 0 aliphatic carbocycles. The molecule has 4 heterocycles. The summed E-state index contributed by atoms with van der Waals surface area (Å²) in [5.74, 6) is 1.04. The maximum Gasteiger partial charge on any atom is 0.294 e. The van der Waals surface area contributed by atoms with Crippen molar-refractivity contribution in [2.45, 2.75) is 52.1 Å². The van der Waals surface area contributed by atoms with Crippen molar-refractivity contribution in [1.82, 2.24) is 24.8 Å². The Morgan fingerprint density at radius 2 is 1.80 bits per heavy atom. The van der Waals surface area contributed by atoms with E-state index in [0.717, 1.165) is 45.2 Å². The van der Waals surface area contributed by atoms with Gasteiger partial charge in [0.05, 0.1) is 12.8 Å². The van der Waals surface area contributed by atoms with Gasteiger partial charge in [-0.15, -0.1) is 37.2 Å². The second-order valence-corrected chi connectivity index (χ2v) is 10.4. The molecule has 0 saturated carbocycles. The van der Waals surface area contributed by atoms with E-state index >= 15 is 0 Å². The number of ether oxygens (including phenoxy) is 1. The van der Waals surface area contributed by atoms with Gasteiger partial charge >= 0.3 is 0 Å². The average molecular weight is 663 g/mol. The number of pyridine rings is 2. The van der Waals surface area contributed by atoms with Crippen molar-refractivity contribution >= 4 is 54.8 Å². The van der Waals surface area contributed by atoms with Crippen molar-refractivity contribution in [2.75, 3.05) is 24.7 Å². The van der Waals surface area contributed by atoms with Crippen LogP contribution in [-0.2, 0) is 17.8 Å². The predicted octanol–water partition coefficient (Wildman–Crippen LogP) is 4.86. The van der Waals surface area contributed by atoms with E-state index in [9.17, 15) is 9.59 Å². The molecule has 4 N–H and O–H groups in total. The first-order chi connectivity index (χ1) is 19.7. The average Bonchev–Trinajstić information content (AvgIpc) is 3.39. The summed E-state index contributed by atoms with van der Waals surface area (Å²) in [6.45, 7) is 6.57. The lowest BCUT2D eigenvalue weighted by Gasteiger charge is -2.20. The van der Waals surface area contributed by atoms with E-state index in [0.29, 0.717) is 31.7 Å². The van der Waals surface area contributed by atoms with Crippen LogP contribution in [0.25, 0.3) is 0 Å². The zero-order chi connectivity index (χ0) is 29.1. The van der Waals surface area contributed by atoms with E-state index in [1.54, 1.807) is 23.9 Å². The molecule has 1 aliphatic rings. The van der Waals surface area contributed by atoms with Gasteiger partial charge in [0.2, 0.25) is 5.91 Å². The first-order valence-electron chi connectivity index (χ1n) is 13.7. The Hall–Kier alpha value is -3.86. The quantitative estimate of drug-likeness (QED) is 0.231. The Bertz CT molecular complexity index is 1630. The Balaban J connectivity index is 0.00000225. The number of nitrogen functional groups attached to an aromatic ring is 1. The molecule has 44 heavy (non-hydrogen) atoms. The van der Waals surface area contributed by atoms with Crippen molar-refractivity contribution in [3.63, 3.8) is 0 Å². The van der Waals surface area contributed by atoms with E-state index in [-0.39, 0.29) is 60.4 Å². The molecule has 5 rings (SSSR count). The van der Waals surface area contributed by atoms with Gasteiger partial charge < -0.3 is 21.1 Å². The molecule has 10 nitrogen and oxygen atoms in total. The number of rotatable bonds is 9. The topological polar surface area (TPSA) is 137 Å². The van der Waals surface area contributed by atoms with E-state index in [2.05, 4.69) is 26.7 Å². The van der Waals surface area contributed by atoms with Crippen molar-refractivity contribution < 1.29 is 9.53 Å². The number of nitrogens with one attached hydrogen (secondary N) is 2. The maximum absolute atomic E-state index is 13.6. The lowest BCUT2D eigenvalue weighted by molar-refractivity contribution is -0.124. The van der Waals surface area contributed by atoms with Gasteiger partial charge in [-0.05, 0) is 80.6 Å². The second-order valence-electron chi connectivity index (χ2n) is 10.4. The Morgan fingerprint density at radius 3 is 2.45 bits per heavy atom. The number of hydrogen-bond acceptors (Lipinski definition) is 8. The van der Waals surface area contributed by atoms with Gasteiger partial charge in [0.15, 0.2) is 5.82 Å². The fraction of sp³-hybridized carbons (Fsp3) is 0.323. The third kappa shape index (κ3) is 7.99. The highest BCUT2D eigenvalue weighted by molar-refractivity contribution is 5.86. The fourth-order valence-corrected chi connectivity index (χ4v) is 5.39. The number of fused-ring (bicyclic) bond motifs is 1. The van der Waals surface area contributed by atoms with Crippen molar-refractivity contribution in [2.24, 2.45) is 0 Å². The van der Waals surface area contributed by atoms with E-state index in [1.165, 1.54) is 0 Å². The van der Waals surface area contributed by atoms with Crippen molar-refractivity contribution in [3.8, 4) is 5.75 Å². The van der Waals surface area contributed by atoms with E-state index < -0.39 is 6.04 Å². The van der Waals surface area contributed by atoms with Crippen molar-refractivity contribution in [1.29, 1.82) is 0 Å². The minimum atomic E-state index is -0.610. The van der Waals surface area contributed by atoms with Crippen LogP contribution in [0.5, 0.6) is 5.75 Å². The third-order valence-corrected chi connectivity index (χ3v) is 7.50. The number of hydrogen-bond donors (Lipinski definition) is 3. The van der Waals surface area contributed by atoms with Crippen LogP contribution in [-0.4, -0.2) is 39.1 Å². The standard InChI is InChI=1S/C31H35N7O3.3ClH/c1-18-13-19(2)36-26(14-18)25(21-5-9-24(41-4)10-6-21)17-34-29-31(40)38-23(16-33-29)8-11-27(38)30(39)35-15-22-7-12-28(32)37-20(22)3;;;/h5-7,9-10,12-14,16,25,27H,8,11,15,17H2,1-4H3,(H2,32,37)(H,33,34)(H,35,39);3*1H/t25-,27+;;;/m1.../s1. The normalized spacial score (nSPS) is 13.8. The predicted molar refractivity (Wildman–Crippen MR) is 180 cm³/mol. The molecule has 0 bridgehead atoms. The first kappa shape index (κ1) is 36.3. The largest absolute Gasteiger partial charge is 0.497 e.